The number of rotatable bonds is 3. The van der Waals surface area contributed by atoms with Crippen LogP contribution in [0.15, 0.2) is 47.7 Å². The molecule has 0 fully saturated rings. The Morgan fingerprint density at radius 3 is 2.94 bits per heavy atom. The Hall–Kier alpha value is -2.14. The highest BCUT2D eigenvalue weighted by Gasteiger charge is 2.02. The topological polar surface area (TPSA) is 53.1 Å². The summed E-state index contributed by atoms with van der Waals surface area (Å²) < 4.78 is 1.16. The number of nitrogens with one attached hydrogen (secondary N) is 2. The number of fused-ring (bicyclic) bond motifs is 1. The van der Waals surface area contributed by atoms with Crippen LogP contribution in [0, 0.1) is 0 Å². The molecule has 4 nitrogen and oxygen atoms in total. The summed E-state index contributed by atoms with van der Waals surface area (Å²) in [5.41, 5.74) is 5.90. The molecular formula is C13H12N4S. The second-order valence-electron chi connectivity index (χ2n) is 3.88. The van der Waals surface area contributed by atoms with Crippen molar-refractivity contribution in [3.63, 3.8) is 0 Å². The Balaban J connectivity index is 1.82. The third-order valence-corrected chi connectivity index (χ3v) is 3.54. The molecule has 2 N–H and O–H groups in total. The molecule has 0 aliphatic heterocycles. The number of thiazole rings is 1. The maximum Gasteiger partial charge on any atom is 0.204 e. The van der Waals surface area contributed by atoms with E-state index in [2.05, 4.69) is 26.6 Å². The molecule has 0 aliphatic rings. The van der Waals surface area contributed by atoms with Gasteiger partial charge in [0.2, 0.25) is 5.13 Å². The van der Waals surface area contributed by atoms with Crippen molar-refractivity contribution in [2.24, 2.45) is 5.10 Å². The summed E-state index contributed by atoms with van der Waals surface area (Å²) in [4.78, 5) is 7.57. The summed E-state index contributed by atoms with van der Waals surface area (Å²) in [5, 5.41) is 5.12. The summed E-state index contributed by atoms with van der Waals surface area (Å²) in [7, 11) is 0. The summed E-state index contributed by atoms with van der Waals surface area (Å²) in [6.07, 6.45) is 1.88. The van der Waals surface area contributed by atoms with Gasteiger partial charge in [-0.2, -0.15) is 5.10 Å². The lowest BCUT2D eigenvalue weighted by Crippen LogP contribution is -1.99. The molecule has 0 aliphatic carbocycles. The quantitative estimate of drug-likeness (QED) is 0.557. The number of para-hydroxylation sites is 1. The first-order valence-electron chi connectivity index (χ1n) is 5.62. The van der Waals surface area contributed by atoms with Gasteiger partial charge in [-0.3, -0.25) is 5.43 Å². The van der Waals surface area contributed by atoms with Gasteiger partial charge in [-0.1, -0.05) is 23.5 Å². The van der Waals surface area contributed by atoms with Crippen molar-refractivity contribution in [3.05, 3.63) is 48.3 Å². The predicted molar refractivity (Wildman–Crippen MR) is 76.2 cm³/mol. The van der Waals surface area contributed by atoms with Crippen LogP contribution in [-0.2, 0) is 0 Å². The molecule has 1 aromatic carbocycles. The molecule has 0 unspecified atom stereocenters. The zero-order valence-corrected chi connectivity index (χ0v) is 10.7. The number of benzene rings is 1. The molecule has 18 heavy (non-hydrogen) atoms. The van der Waals surface area contributed by atoms with Crippen molar-refractivity contribution < 1.29 is 0 Å². The van der Waals surface area contributed by atoms with Crippen LogP contribution in [-0.4, -0.2) is 15.7 Å². The van der Waals surface area contributed by atoms with Gasteiger partial charge in [0.1, 0.15) is 0 Å². The standard InChI is InChI=1S/C13H12N4S/c1-9(10-6-4-8-14-10)16-17-13-15-11-5-2-3-7-12(11)18-13/h2-8,14H,1H3,(H,15,17). The highest BCUT2D eigenvalue weighted by Crippen LogP contribution is 2.25. The fourth-order valence-corrected chi connectivity index (χ4v) is 2.48. The number of hydrazone groups is 1. The first kappa shape index (κ1) is 11.0. The molecule has 3 rings (SSSR count). The van der Waals surface area contributed by atoms with Crippen LogP contribution in [0.25, 0.3) is 10.2 Å². The third-order valence-electron chi connectivity index (χ3n) is 2.60. The van der Waals surface area contributed by atoms with Crippen molar-refractivity contribution in [2.45, 2.75) is 6.92 Å². The van der Waals surface area contributed by atoms with E-state index < -0.39 is 0 Å². The summed E-state index contributed by atoms with van der Waals surface area (Å²) in [6, 6.07) is 12.0. The highest BCUT2D eigenvalue weighted by atomic mass is 32.1. The number of aromatic amines is 1. The molecule has 0 bridgehead atoms. The predicted octanol–water partition coefficient (Wildman–Crippen LogP) is 3.46. The molecule has 5 heteroatoms. The van der Waals surface area contributed by atoms with E-state index in [0.717, 1.165) is 26.8 Å². The van der Waals surface area contributed by atoms with E-state index in [1.54, 1.807) is 11.3 Å². The Labute approximate surface area is 108 Å². The molecule has 0 saturated carbocycles. The lowest BCUT2D eigenvalue weighted by molar-refractivity contribution is 1.27. The second-order valence-corrected chi connectivity index (χ2v) is 4.91. The number of nitrogens with zero attached hydrogens (tertiary/aromatic N) is 2. The molecule has 0 spiro atoms. The minimum Gasteiger partial charge on any atom is -0.360 e. The van der Waals surface area contributed by atoms with Crippen LogP contribution < -0.4 is 5.43 Å². The van der Waals surface area contributed by atoms with Gasteiger partial charge in [0.25, 0.3) is 0 Å². The molecule has 0 amide bonds. The third kappa shape index (κ3) is 2.12. The summed E-state index contributed by atoms with van der Waals surface area (Å²) in [5.74, 6) is 0. The summed E-state index contributed by atoms with van der Waals surface area (Å²) >= 11 is 1.60. The second kappa shape index (κ2) is 4.62. The van der Waals surface area contributed by atoms with Gasteiger partial charge in [-0.15, -0.1) is 0 Å². The number of anilines is 1. The number of hydrogen-bond donors (Lipinski definition) is 2. The number of hydrogen-bond acceptors (Lipinski definition) is 4. The van der Waals surface area contributed by atoms with Gasteiger partial charge in [-0.25, -0.2) is 4.98 Å². The Morgan fingerprint density at radius 2 is 2.17 bits per heavy atom. The van der Waals surface area contributed by atoms with Crippen molar-refractivity contribution in [2.75, 3.05) is 5.43 Å². The van der Waals surface area contributed by atoms with Crippen LogP contribution in [0.5, 0.6) is 0 Å². The maximum absolute atomic E-state index is 4.46. The van der Waals surface area contributed by atoms with Gasteiger partial charge in [-0.05, 0) is 31.2 Å². The number of H-pyrrole nitrogens is 1. The Morgan fingerprint density at radius 1 is 1.28 bits per heavy atom. The fraction of sp³-hybridized carbons (Fsp3) is 0.0769. The lowest BCUT2D eigenvalue weighted by Gasteiger charge is -1.97. The van der Waals surface area contributed by atoms with Gasteiger partial charge >= 0.3 is 0 Å². The van der Waals surface area contributed by atoms with E-state index in [9.17, 15) is 0 Å². The molecule has 3 aromatic rings. The van der Waals surface area contributed by atoms with Crippen molar-refractivity contribution in [3.8, 4) is 0 Å². The molecule has 90 valence electrons. The van der Waals surface area contributed by atoms with Crippen LogP contribution >= 0.6 is 11.3 Å². The average molecular weight is 256 g/mol. The minimum absolute atomic E-state index is 0.808. The molecule has 2 heterocycles. The molecule has 0 saturated heterocycles. The largest absolute Gasteiger partial charge is 0.360 e. The van der Waals surface area contributed by atoms with Gasteiger partial charge in [0.05, 0.1) is 21.6 Å². The molecule has 0 radical (unpaired) electrons. The maximum atomic E-state index is 4.46. The average Bonchev–Trinajstić information content (AvgIpc) is 3.04. The molecule has 0 atom stereocenters. The van der Waals surface area contributed by atoms with Crippen molar-refractivity contribution in [1.82, 2.24) is 9.97 Å². The summed E-state index contributed by atoms with van der Waals surface area (Å²) in [6.45, 7) is 1.95. The first-order valence-corrected chi connectivity index (χ1v) is 6.44. The zero-order valence-electron chi connectivity index (χ0n) is 9.84. The van der Waals surface area contributed by atoms with Gasteiger partial charge in [0, 0.05) is 6.20 Å². The SMILES string of the molecule is CC(=NNc1nc2ccccc2s1)c1ccc[nH]1. The van der Waals surface area contributed by atoms with Crippen molar-refractivity contribution in [1.29, 1.82) is 0 Å². The monoisotopic (exact) mass is 256 g/mol. The molecular weight excluding hydrogens is 244 g/mol. The fourth-order valence-electron chi connectivity index (χ4n) is 1.67. The smallest absolute Gasteiger partial charge is 0.204 e. The van der Waals surface area contributed by atoms with Crippen LogP contribution in [0.2, 0.25) is 0 Å². The Kier molecular flexibility index (Phi) is 2.82. The van der Waals surface area contributed by atoms with E-state index in [4.69, 9.17) is 0 Å². The van der Waals surface area contributed by atoms with Crippen LogP contribution in [0.4, 0.5) is 5.13 Å². The van der Waals surface area contributed by atoms with Crippen LogP contribution in [0.3, 0.4) is 0 Å². The van der Waals surface area contributed by atoms with Crippen LogP contribution in [0.1, 0.15) is 12.6 Å². The van der Waals surface area contributed by atoms with E-state index >= 15 is 0 Å². The number of aromatic nitrogens is 2. The Bertz CT molecular complexity index is 649. The minimum atomic E-state index is 0.808. The highest BCUT2D eigenvalue weighted by molar-refractivity contribution is 7.22. The van der Waals surface area contributed by atoms with Gasteiger partial charge < -0.3 is 4.98 Å². The molecule has 2 aromatic heterocycles. The lowest BCUT2D eigenvalue weighted by atomic mass is 10.3. The first-order chi connectivity index (χ1) is 8.83. The van der Waals surface area contributed by atoms with E-state index in [1.807, 2.05) is 43.5 Å². The van der Waals surface area contributed by atoms with E-state index in [1.165, 1.54) is 0 Å². The van der Waals surface area contributed by atoms with E-state index in [0.29, 0.717) is 0 Å². The normalized spacial score (nSPS) is 11.9. The van der Waals surface area contributed by atoms with Crippen molar-refractivity contribution >= 4 is 32.4 Å². The van der Waals surface area contributed by atoms with Gasteiger partial charge in [0.15, 0.2) is 0 Å². The van der Waals surface area contributed by atoms with E-state index in [-0.39, 0.29) is 0 Å². The zero-order chi connectivity index (χ0) is 12.4.